The van der Waals surface area contributed by atoms with E-state index in [2.05, 4.69) is 16.9 Å². The Morgan fingerprint density at radius 2 is 1.78 bits per heavy atom. The lowest BCUT2D eigenvalue weighted by Gasteiger charge is -2.28. The lowest BCUT2D eigenvalue weighted by atomic mass is 9.89. The van der Waals surface area contributed by atoms with Gasteiger partial charge in [0, 0.05) is 42.1 Å². The van der Waals surface area contributed by atoms with Gasteiger partial charge in [-0.15, -0.1) is 0 Å². The second-order valence-corrected chi connectivity index (χ2v) is 13.1. The molecule has 1 fully saturated rings. The van der Waals surface area contributed by atoms with E-state index in [9.17, 15) is 14.7 Å². The van der Waals surface area contributed by atoms with E-state index < -0.39 is 23.4 Å². The number of carbonyl (C=O) groups excluding carboxylic acids is 2. The number of anilines is 1. The zero-order chi connectivity index (χ0) is 32.9. The van der Waals surface area contributed by atoms with E-state index in [0.717, 1.165) is 64.2 Å². The summed E-state index contributed by atoms with van der Waals surface area (Å²) in [6, 6.07) is 7.91. The van der Waals surface area contributed by atoms with Crippen molar-refractivity contribution in [1.29, 1.82) is 0 Å². The summed E-state index contributed by atoms with van der Waals surface area (Å²) in [5, 5.41) is 14.0. The maximum absolute atomic E-state index is 12.8. The first kappa shape index (κ1) is 33.3. The van der Waals surface area contributed by atoms with Crippen molar-refractivity contribution in [2.45, 2.75) is 91.9 Å². The minimum Gasteiger partial charge on any atom is -0.507 e. The highest BCUT2D eigenvalue weighted by molar-refractivity contribution is 5.92. The van der Waals surface area contributed by atoms with E-state index in [-0.39, 0.29) is 5.82 Å². The number of rotatable bonds is 8. The normalized spacial score (nSPS) is 14.7. The van der Waals surface area contributed by atoms with Gasteiger partial charge in [-0.05, 0) is 96.6 Å². The Morgan fingerprint density at radius 1 is 1.11 bits per heavy atom. The summed E-state index contributed by atoms with van der Waals surface area (Å²) in [6.45, 7) is 17.0. The molecule has 45 heavy (non-hydrogen) atoms. The van der Waals surface area contributed by atoms with Gasteiger partial charge in [0.25, 0.3) is 0 Å². The summed E-state index contributed by atoms with van der Waals surface area (Å²) < 4.78 is 16.8. The number of aliphatic hydroxyl groups is 1. The molecule has 240 valence electrons. The largest absolute Gasteiger partial charge is 0.507 e. The van der Waals surface area contributed by atoms with Crippen LogP contribution in [0.4, 0.5) is 15.4 Å². The molecular formula is C35H44N4O6. The summed E-state index contributed by atoms with van der Waals surface area (Å²) in [4.78, 5) is 35.3. The van der Waals surface area contributed by atoms with Crippen molar-refractivity contribution in [3.05, 3.63) is 76.8 Å². The zero-order valence-corrected chi connectivity index (χ0v) is 27.3. The molecule has 1 saturated carbocycles. The van der Waals surface area contributed by atoms with Gasteiger partial charge in [0.1, 0.15) is 34.3 Å². The maximum Gasteiger partial charge on any atom is 0.425 e. The third kappa shape index (κ3) is 8.74. The Morgan fingerprint density at radius 3 is 2.38 bits per heavy atom. The van der Waals surface area contributed by atoms with Crippen LogP contribution in [-0.4, -0.2) is 51.2 Å². The van der Waals surface area contributed by atoms with Crippen LogP contribution in [0.2, 0.25) is 0 Å². The smallest absolute Gasteiger partial charge is 0.425 e. The number of hydrogen-bond acceptors (Lipinski definition) is 9. The Bertz CT molecular complexity index is 1520. The summed E-state index contributed by atoms with van der Waals surface area (Å²) in [5.41, 5.74) is 3.92. The molecule has 4 rings (SSSR count). The number of imide groups is 1. The van der Waals surface area contributed by atoms with Gasteiger partial charge < -0.3 is 24.6 Å². The molecule has 10 heteroatoms. The van der Waals surface area contributed by atoms with Gasteiger partial charge in [-0.3, -0.25) is 0 Å². The van der Waals surface area contributed by atoms with Crippen molar-refractivity contribution in [2.24, 2.45) is 4.99 Å². The zero-order valence-electron chi connectivity index (χ0n) is 27.3. The highest BCUT2D eigenvalue weighted by atomic mass is 16.6. The van der Waals surface area contributed by atoms with Crippen LogP contribution in [0.1, 0.15) is 90.0 Å². The summed E-state index contributed by atoms with van der Waals surface area (Å²) in [5.74, 6) is 1.75. The lowest BCUT2D eigenvalue weighted by Crippen LogP contribution is -2.42. The van der Waals surface area contributed by atoms with Crippen molar-refractivity contribution in [2.75, 3.05) is 11.9 Å². The van der Waals surface area contributed by atoms with E-state index in [1.165, 1.54) is 6.21 Å². The minimum absolute atomic E-state index is 0.150. The lowest BCUT2D eigenvalue weighted by molar-refractivity contribution is 0.00823. The van der Waals surface area contributed by atoms with E-state index in [1.807, 2.05) is 31.2 Å². The fourth-order valence-corrected chi connectivity index (χ4v) is 4.71. The van der Waals surface area contributed by atoms with Crippen molar-refractivity contribution in [3.63, 3.8) is 0 Å². The summed E-state index contributed by atoms with van der Waals surface area (Å²) >= 11 is 0. The van der Waals surface area contributed by atoms with Crippen molar-refractivity contribution in [1.82, 2.24) is 9.88 Å². The number of pyridine rings is 1. The van der Waals surface area contributed by atoms with Crippen LogP contribution < -0.4 is 10.1 Å². The van der Waals surface area contributed by atoms with Crippen LogP contribution in [0.3, 0.4) is 0 Å². The maximum atomic E-state index is 12.8. The van der Waals surface area contributed by atoms with Crippen LogP contribution in [-0.2, 0) is 22.4 Å². The van der Waals surface area contributed by atoms with Crippen LogP contribution in [0.25, 0.3) is 11.3 Å². The van der Waals surface area contributed by atoms with E-state index >= 15 is 0 Å². The Balaban J connectivity index is 1.48. The highest BCUT2D eigenvalue weighted by Crippen LogP contribution is 2.37. The first-order valence-electron chi connectivity index (χ1n) is 15.2. The topological polar surface area (TPSA) is 123 Å². The summed E-state index contributed by atoms with van der Waals surface area (Å²) in [6.07, 6.45) is 6.83. The SMILES string of the molecule is C=C(N=C/C=C(\C)c1cnc(NCc2cccc(C(O)=C3CCC3)c2)c2c1OCC2)N(C(=O)OC(C)(C)C)C(=O)OC(C)(C)C. The number of aliphatic hydroxyl groups excluding tert-OH is 1. The van der Waals surface area contributed by atoms with Gasteiger partial charge in [-0.2, -0.15) is 4.90 Å². The third-order valence-electron chi connectivity index (χ3n) is 7.06. The molecule has 2 N–H and O–H groups in total. The van der Waals surface area contributed by atoms with Crippen molar-refractivity contribution >= 4 is 35.6 Å². The highest BCUT2D eigenvalue weighted by Gasteiger charge is 2.33. The Kier molecular flexibility index (Phi) is 10.1. The van der Waals surface area contributed by atoms with Crippen molar-refractivity contribution in [3.8, 4) is 5.75 Å². The van der Waals surface area contributed by atoms with E-state index in [4.69, 9.17) is 19.2 Å². The molecule has 2 amide bonds. The van der Waals surface area contributed by atoms with Crippen LogP contribution >= 0.6 is 0 Å². The number of nitrogens with zero attached hydrogens (tertiary/aromatic N) is 3. The van der Waals surface area contributed by atoms with Crippen LogP contribution in [0.15, 0.2) is 59.5 Å². The number of allylic oxidation sites excluding steroid dienone is 3. The second-order valence-electron chi connectivity index (χ2n) is 13.1. The second kappa shape index (κ2) is 13.6. The number of hydrogen-bond donors (Lipinski definition) is 2. The Hall–Kier alpha value is -4.60. The van der Waals surface area contributed by atoms with Gasteiger partial charge >= 0.3 is 12.2 Å². The fraction of sp³-hybridized carbons (Fsp3) is 0.429. The first-order chi connectivity index (χ1) is 21.1. The van der Waals surface area contributed by atoms with Crippen LogP contribution in [0, 0.1) is 0 Å². The third-order valence-corrected chi connectivity index (χ3v) is 7.06. The number of nitrogens with one attached hydrogen (secondary N) is 1. The molecule has 0 atom stereocenters. The number of carbonyl (C=O) groups is 2. The number of fused-ring (bicyclic) bond motifs is 1. The first-order valence-corrected chi connectivity index (χ1v) is 15.2. The molecule has 0 radical (unpaired) electrons. The predicted molar refractivity (Wildman–Crippen MR) is 176 cm³/mol. The molecule has 0 bridgehead atoms. The molecule has 1 aliphatic carbocycles. The average Bonchev–Trinajstić information content (AvgIpc) is 3.39. The van der Waals surface area contributed by atoms with Gasteiger partial charge in [-0.1, -0.05) is 24.8 Å². The molecule has 2 aromatic rings. The number of ether oxygens (including phenoxy) is 3. The molecule has 1 aliphatic heterocycles. The van der Waals surface area contributed by atoms with Gasteiger partial charge in [-0.25, -0.2) is 19.6 Å². The molecule has 10 nitrogen and oxygen atoms in total. The predicted octanol–water partition coefficient (Wildman–Crippen LogP) is 8.20. The molecule has 0 unspecified atom stereocenters. The van der Waals surface area contributed by atoms with Gasteiger partial charge in [0.15, 0.2) is 0 Å². The van der Waals surface area contributed by atoms with E-state index in [1.54, 1.807) is 53.8 Å². The van der Waals surface area contributed by atoms with Gasteiger partial charge in [0.05, 0.1) is 6.61 Å². The Labute approximate surface area is 265 Å². The minimum atomic E-state index is -0.933. The molecule has 0 saturated heterocycles. The monoisotopic (exact) mass is 616 g/mol. The molecule has 2 heterocycles. The number of amides is 2. The van der Waals surface area contributed by atoms with Crippen LogP contribution in [0.5, 0.6) is 5.75 Å². The summed E-state index contributed by atoms with van der Waals surface area (Å²) in [7, 11) is 0. The fourth-order valence-electron chi connectivity index (χ4n) is 4.71. The molecular weight excluding hydrogens is 572 g/mol. The standard InChI is InChI=1S/C35H44N4O6/c1-22(15-17-36-23(2)39(32(41)44-34(3,4)5)33(42)45-35(6,7)8)28-21-38-31(27-16-18-43-30(27)28)37-20-24-11-9-14-26(19-24)29(40)25-12-10-13-25/h9,11,14-15,17,19,21,40H,2,10,12-13,16,18,20H2,1,3-8H3,(H,37,38)/b22-15+,36-17?. The quantitative estimate of drug-likeness (QED) is 0.225. The van der Waals surface area contributed by atoms with E-state index in [0.29, 0.717) is 30.2 Å². The number of aliphatic imine (C=N–C) groups is 1. The number of benzene rings is 1. The number of aromatic nitrogens is 1. The molecule has 1 aromatic carbocycles. The average molecular weight is 617 g/mol. The molecule has 2 aliphatic rings. The molecule has 0 spiro atoms. The van der Waals surface area contributed by atoms with Gasteiger partial charge in [0.2, 0.25) is 0 Å². The van der Waals surface area contributed by atoms with Crippen molar-refractivity contribution < 1.29 is 28.9 Å². The molecule has 1 aromatic heterocycles.